The first-order valence-corrected chi connectivity index (χ1v) is 5.13. The molecule has 0 bridgehead atoms. The third-order valence-corrected chi connectivity index (χ3v) is 2.63. The molecule has 0 saturated carbocycles. The van der Waals surface area contributed by atoms with Crippen LogP contribution in [0.2, 0.25) is 0 Å². The van der Waals surface area contributed by atoms with Crippen molar-refractivity contribution in [3.8, 4) is 5.75 Å². The molecule has 16 heavy (non-hydrogen) atoms. The van der Waals surface area contributed by atoms with Gasteiger partial charge in [-0.05, 0) is 32.9 Å². The summed E-state index contributed by atoms with van der Waals surface area (Å²) in [4.78, 5) is 11.8. The molecule has 1 aromatic rings. The predicted octanol–water partition coefficient (Wildman–Crippen LogP) is 1.28. The normalized spacial score (nSPS) is 13.2. The molecule has 0 aliphatic rings. The van der Waals surface area contributed by atoms with Crippen LogP contribution in [0.25, 0.3) is 0 Å². The van der Waals surface area contributed by atoms with Crippen LogP contribution in [-0.2, 0) is 0 Å². The molecule has 1 amide bonds. The van der Waals surface area contributed by atoms with Crippen molar-refractivity contribution in [3.05, 3.63) is 29.8 Å². The van der Waals surface area contributed by atoms with E-state index >= 15 is 0 Å². The van der Waals surface area contributed by atoms with Gasteiger partial charge >= 0.3 is 0 Å². The molecule has 4 nitrogen and oxygen atoms in total. The Morgan fingerprint density at radius 2 is 1.94 bits per heavy atom. The number of rotatable bonds is 3. The van der Waals surface area contributed by atoms with E-state index in [1.54, 1.807) is 32.9 Å². The summed E-state index contributed by atoms with van der Waals surface area (Å²) >= 11 is 0. The summed E-state index contributed by atoms with van der Waals surface area (Å²) in [6, 6.07) is 6.29. The van der Waals surface area contributed by atoms with Crippen LogP contribution < -0.4 is 5.32 Å². The first-order valence-electron chi connectivity index (χ1n) is 5.13. The molecule has 1 aromatic carbocycles. The number of carbonyl (C=O) groups is 1. The fourth-order valence-electron chi connectivity index (χ4n) is 1.13. The number of aliphatic hydroxyl groups is 1. The van der Waals surface area contributed by atoms with Crippen LogP contribution in [0, 0.1) is 0 Å². The van der Waals surface area contributed by atoms with Crippen molar-refractivity contribution < 1.29 is 15.0 Å². The molecule has 0 heterocycles. The predicted molar refractivity (Wildman–Crippen MR) is 61.3 cm³/mol. The average Bonchev–Trinajstić information content (AvgIpc) is 2.17. The number of phenols is 1. The van der Waals surface area contributed by atoms with Crippen molar-refractivity contribution in [3.63, 3.8) is 0 Å². The molecule has 0 aromatic heterocycles. The molecule has 0 saturated heterocycles. The summed E-state index contributed by atoms with van der Waals surface area (Å²) in [5.41, 5.74) is -0.532. The van der Waals surface area contributed by atoms with E-state index in [0.717, 1.165) is 0 Å². The summed E-state index contributed by atoms with van der Waals surface area (Å²) in [6.07, 6.45) is -0.678. The number of hydrogen-bond donors (Lipinski definition) is 3. The Bertz CT molecular complexity index is 386. The number of amides is 1. The number of hydrogen-bond acceptors (Lipinski definition) is 3. The van der Waals surface area contributed by atoms with E-state index in [9.17, 15) is 15.0 Å². The van der Waals surface area contributed by atoms with Gasteiger partial charge in [0, 0.05) is 0 Å². The lowest BCUT2D eigenvalue weighted by Gasteiger charge is -2.29. The number of benzene rings is 1. The summed E-state index contributed by atoms with van der Waals surface area (Å²) in [5.74, 6) is -0.467. The molecule has 0 spiro atoms. The lowest BCUT2D eigenvalue weighted by atomic mass is 9.98. The van der Waals surface area contributed by atoms with E-state index in [-0.39, 0.29) is 11.3 Å². The van der Waals surface area contributed by atoms with Gasteiger partial charge in [0.25, 0.3) is 5.91 Å². The van der Waals surface area contributed by atoms with Gasteiger partial charge in [-0.3, -0.25) is 4.79 Å². The van der Waals surface area contributed by atoms with Gasteiger partial charge in [0.1, 0.15) is 5.75 Å². The van der Waals surface area contributed by atoms with Gasteiger partial charge in [-0.2, -0.15) is 0 Å². The zero-order chi connectivity index (χ0) is 12.3. The summed E-state index contributed by atoms with van der Waals surface area (Å²) in [5, 5.41) is 21.6. The largest absolute Gasteiger partial charge is 0.507 e. The molecule has 0 fully saturated rings. The van der Waals surface area contributed by atoms with E-state index in [1.165, 1.54) is 12.1 Å². The standard InChI is InChI=1S/C12H17NO3/c1-8(14)12(2,3)13-11(16)9-6-4-5-7-10(9)15/h4-8,14-15H,1-3H3,(H,13,16). The van der Waals surface area contributed by atoms with E-state index in [2.05, 4.69) is 5.32 Å². The molecule has 4 heteroatoms. The van der Waals surface area contributed by atoms with Crippen molar-refractivity contribution in [1.82, 2.24) is 5.32 Å². The summed E-state index contributed by atoms with van der Waals surface area (Å²) in [6.45, 7) is 5.04. The van der Waals surface area contributed by atoms with Gasteiger partial charge in [0.05, 0.1) is 17.2 Å². The van der Waals surface area contributed by atoms with Crippen molar-refractivity contribution in [2.75, 3.05) is 0 Å². The van der Waals surface area contributed by atoms with Gasteiger partial charge in [0.2, 0.25) is 0 Å². The Hall–Kier alpha value is -1.55. The second-order valence-corrected chi connectivity index (χ2v) is 4.37. The molecule has 1 rings (SSSR count). The molecule has 0 radical (unpaired) electrons. The van der Waals surface area contributed by atoms with Crippen molar-refractivity contribution in [2.45, 2.75) is 32.4 Å². The molecular weight excluding hydrogens is 206 g/mol. The number of nitrogens with one attached hydrogen (secondary N) is 1. The molecule has 3 N–H and O–H groups in total. The van der Waals surface area contributed by atoms with Gasteiger partial charge in [-0.25, -0.2) is 0 Å². The highest BCUT2D eigenvalue weighted by Crippen LogP contribution is 2.17. The first-order chi connectivity index (χ1) is 7.34. The second kappa shape index (κ2) is 4.53. The molecule has 1 unspecified atom stereocenters. The fraction of sp³-hybridized carbons (Fsp3) is 0.417. The summed E-state index contributed by atoms with van der Waals surface area (Å²) < 4.78 is 0. The SMILES string of the molecule is CC(O)C(C)(C)NC(=O)c1ccccc1O. The van der Waals surface area contributed by atoms with E-state index in [0.29, 0.717) is 0 Å². The maximum Gasteiger partial charge on any atom is 0.255 e. The number of phenolic OH excluding ortho intramolecular Hbond substituents is 1. The Morgan fingerprint density at radius 3 is 2.44 bits per heavy atom. The van der Waals surface area contributed by atoms with Crippen LogP contribution in [0.1, 0.15) is 31.1 Å². The Kier molecular flexibility index (Phi) is 3.55. The molecular formula is C12H17NO3. The average molecular weight is 223 g/mol. The number of aliphatic hydroxyl groups excluding tert-OH is 1. The number of aromatic hydroxyl groups is 1. The minimum Gasteiger partial charge on any atom is -0.507 e. The van der Waals surface area contributed by atoms with Crippen molar-refractivity contribution in [2.24, 2.45) is 0 Å². The molecule has 88 valence electrons. The van der Waals surface area contributed by atoms with Crippen LogP contribution >= 0.6 is 0 Å². The van der Waals surface area contributed by atoms with Crippen molar-refractivity contribution >= 4 is 5.91 Å². The number of carbonyl (C=O) groups excluding carboxylic acids is 1. The highest BCUT2D eigenvalue weighted by Gasteiger charge is 2.27. The number of para-hydroxylation sites is 1. The third kappa shape index (κ3) is 2.73. The maximum atomic E-state index is 11.8. The quantitative estimate of drug-likeness (QED) is 0.723. The molecule has 0 aliphatic carbocycles. The van der Waals surface area contributed by atoms with Crippen LogP contribution in [0.5, 0.6) is 5.75 Å². The van der Waals surface area contributed by atoms with E-state index in [1.807, 2.05) is 0 Å². The Labute approximate surface area is 94.9 Å². The minimum atomic E-state index is -0.737. The third-order valence-electron chi connectivity index (χ3n) is 2.63. The molecule has 0 aliphatic heterocycles. The lowest BCUT2D eigenvalue weighted by Crippen LogP contribution is -2.50. The van der Waals surface area contributed by atoms with Crippen LogP contribution in [0.3, 0.4) is 0 Å². The van der Waals surface area contributed by atoms with E-state index < -0.39 is 17.6 Å². The van der Waals surface area contributed by atoms with Gasteiger partial charge in [-0.1, -0.05) is 12.1 Å². The fourth-order valence-corrected chi connectivity index (χ4v) is 1.13. The Morgan fingerprint density at radius 1 is 1.38 bits per heavy atom. The monoisotopic (exact) mass is 223 g/mol. The zero-order valence-corrected chi connectivity index (χ0v) is 9.69. The van der Waals surface area contributed by atoms with Gasteiger partial charge in [0.15, 0.2) is 0 Å². The minimum absolute atomic E-state index is 0.0682. The van der Waals surface area contributed by atoms with Crippen LogP contribution in [-0.4, -0.2) is 27.8 Å². The summed E-state index contributed by atoms with van der Waals surface area (Å²) in [7, 11) is 0. The highest BCUT2D eigenvalue weighted by molar-refractivity contribution is 5.97. The smallest absolute Gasteiger partial charge is 0.255 e. The lowest BCUT2D eigenvalue weighted by molar-refractivity contribution is 0.0707. The Balaban J connectivity index is 2.85. The maximum absolute atomic E-state index is 11.8. The first kappa shape index (κ1) is 12.5. The van der Waals surface area contributed by atoms with E-state index in [4.69, 9.17) is 0 Å². The van der Waals surface area contributed by atoms with Crippen LogP contribution in [0.15, 0.2) is 24.3 Å². The van der Waals surface area contributed by atoms with Gasteiger partial charge < -0.3 is 15.5 Å². The zero-order valence-electron chi connectivity index (χ0n) is 9.69. The highest BCUT2D eigenvalue weighted by atomic mass is 16.3. The molecule has 1 atom stereocenters. The van der Waals surface area contributed by atoms with Crippen molar-refractivity contribution in [1.29, 1.82) is 0 Å². The van der Waals surface area contributed by atoms with Crippen LogP contribution in [0.4, 0.5) is 0 Å². The van der Waals surface area contributed by atoms with Gasteiger partial charge in [-0.15, -0.1) is 0 Å². The second-order valence-electron chi connectivity index (χ2n) is 4.37. The topological polar surface area (TPSA) is 69.6 Å².